The van der Waals surface area contributed by atoms with Gasteiger partial charge in [0.05, 0.1) is 33.5 Å². The van der Waals surface area contributed by atoms with Crippen LogP contribution in [0.5, 0.6) is 0 Å². The largest absolute Gasteiger partial charge is 0.308 e. The quantitative estimate of drug-likeness (QED) is 0.171. The minimum absolute atomic E-state index is 0.318. The van der Waals surface area contributed by atoms with Crippen molar-refractivity contribution >= 4 is 39.3 Å². The molecule has 250 valence electrons. The topological polar surface area (TPSA) is 42.3 Å². The summed E-state index contributed by atoms with van der Waals surface area (Å²) < 4.78 is 2.19. The molecule has 2 heterocycles. The molecule has 0 fully saturated rings. The van der Waals surface area contributed by atoms with Gasteiger partial charge < -0.3 is 4.57 Å². The first-order valence-corrected chi connectivity index (χ1v) is 17.7. The van der Waals surface area contributed by atoms with Crippen molar-refractivity contribution < 1.29 is 9.59 Å². The van der Waals surface area contributed by atoms with Gasteiger partial charge in [0.25, 0.3) is 11.8 Å². The van der Waals surface area contributed by atoms with Crippen molar-refractivity contribution in [3.05, 3.63) is 179 Å². The van der Waals surface area contributed by atoms with Gasteiger partial charge in [-0.15, -0.1) is 0 Å². The van der Waals surface area contributed by atoms with Gasteiger partial charge in [-0.25, -0.2) is 4.90 Å². The van der Waals surface area contributed by atoms with E-state index in [-0.39, 0.29) is 11.8 Å². The minimum Gasteiger partial charge on any atom is -0.308 e. The Bertz CT molecular complexity index is 2650. The highest BCUT2D eigenvalue weighted by Crippen LogP contribution is 2.41. The highest BCUT2D eigenvalue weighted by molar-refractivity contribution is 6.35. The maximum atomic E-state index is 14.6. The molecule has 1 aromatic heterocycles. The molecule has 0 N–H and O–H groups in total. The number of amides is 2. The monoisotopic (exact) mass is 672 g/mol. The Morgan fingerprint density at radius 1 is 0.423 bits per heavy atom. The molecule has 0 radical (unpaired) electrons. The van der Waals surface area contributed by atoms with Gasteiger partial charge >= 0.3 is 0 Å². The predicted molar refractivity (Wildman–Crippen MR) is 214 cm³/mol. The van der Waals surface area contributed by atoms with E-state index in [2.05, 4.69) is 105 Å². The molecular formula is C48H36N2O2. The molecule has 9 rings (SSSR count). The molecule has 4 nitrogen and oxygen atoms in total. The van der Waals surface area contributed by atoms with Crippen LogP contribution in [0.15, 0.2) is 146 Å². The van der Waals surface area contributed by atoms with Crippen molar-refractivity contribution in [3.63, 3.8) is 0 Å². The smallest absolute Gasteiger partial charge is 0.268 e. The molecular weight excluding hydrogens is 637 g/mol. The van der Waals surface area contributed by atoms with Crippen LogP contribution >= 0.6 is 0 Å². The van der Waals surface area contributed by atoms with Gasteiger partial charge in [0.1, 0.15) is 0 Å². The molecule has 0 atom stereocenters. The van der Waals surface area contributed by atoms with Gasteiger partial charge in [-0.05, 0) is 109 Å². The van der Waals surface area contributed by atoms with Crippen LogP contribution in [0.25, 0.3) is 60.9 Å². The summed E-state index contributed by atoms with van der Waals surface area (Å²) in [5.74, 6) is -0.642. The second-order valence-electron chi connectivity index (χ2n) is 14.0. The maximum absolute atomic E-state index is 14.6. The molecule has 8 aromatic rings. The lowest BCUT2D eigenvalue weighted by atomic mass is 9.96. The van der Waals surface area contributed by atoms with E-state index in [1.54, 1.807) is 6.07 Å². The van der Waals surface area contributed by atoms with Crippen LogP contribution in [0.1, 0.15) is 43.0 Å². The van der Waals surface area contributed by atoms with E-state index < -0.39 is 0 Å². The first kappa shape index (κ1) is 31.5. The number of aryl methyl sites for hydroxylation is 4. The van der Waals surface area contributed by atoms with Crippen molar-refractivity contribution in [2.45, 2.75) is 27.7 Å². The second-order valence-corrected chi connectivity index (χ2v) is 14.0. The summed E-state index contributed by atoms with van der Waals surface area (Å²) in [5, 5.41) is 2.16. The predicted octanol–water partition coefficient (Wildman–Crippen LogP) is 11.8. The molecule has 0 saturated heterocycles. The molecule has 7 aromatic carbocycles. The Morgan fingerprint density at radius 3 is 1.52 bits per heavy atom. The normalized spacial score (nSPS) is 12.7. The fourth-order valence-electron chi connectivity index (χ4n) is 8.01. The Morgan fingerprint density at radius 2 is 0.962 bits per heavy atom. The summed E-state index contributed by atoms with van der Waals surface area (Å²) in [6, 6.07) is 49.6. The summed E-state index contributed by atoms with van der Waals surface area (Å²) in [6.45, 7) is 8.52. The number of imide groups is 1. The zero-order valence-electron chi connectivity index (χ0n) is 29.6. The third-order valence-corrected chi connectivity index (χ3v) is 10.5. The number of hydrogen-bond acceptors (Lipinski definition) is 2. The van der Waals surface area contributed by atoms with Crippen molar-refractivity contribution in [3.8, 4) is 39.1 Å². The van der Waals surface area contributed by atoms with Crippen molar-refractivity contribution in [2.24, 2.45) is 0 Å². The highest BCUT2D eigenvalue weighted by atomic mass is 16.2. The SMILES string of the molecule is Cc1ccc(-c2ccc3c4ccc(-c5ccc(C)cc5C)cc4n(-c4cccc5c4C(=O)N(c4ccc(-c6ccccc6)cc4)C5=O)c3c2)c(C)c1. The molecule has 0 spiro atoms. The number of hydrogen-bond donors (Lipinski definition) is 0. The van der Waals surface area contributed by atoms with Crippen LogP contribution < -0.4 is 4.90 Å². The molecule has 2 amide bonds. The van der Waals surface area contributed by atoms with Crippen LogP contribution in [0.2, 0.25) is 0 Å². The Balaban J connectivity index is 1.25. The zero-order chi connectivity index (χ0) is 35.7. The number of benzene rings is 7. The Kier molecular flexibility index (Phi) is 7.30. The van der Waals surface area contributed by atoms with Crippen LogP contribution in [-0.2, 0) is 0 Å². The van der Waals surface area contributed by atoms with Crippen LogP contribution in [0.4, 0.5) is 5.69 Å². The van der Waals surface area contributed by atoms with Gasteiger partial charge in [-0.3, -0.25) is 9.59 Å². The summed E-state index contributed by atoms with van der Waals surface area (Å²) in [7, 11) is 0. The summed E-state index contributed by atoms with van der Waals surface area (Å²) in [4.78, 5) is 30.0. The van der Waals surface area contributed by atoms with E-state index in [0.29, 0.717) is 22.5 Å². The van der Waals surface area contributed by atoms with E-state index >= 15 is 0 Å². The number of nitrogens with zero attached hydrogens (tertiary/aromatic N) is 2. The average molecular weight is 673 g/mol. The fourth-order valence-corrected chi connectivity index (χ4v) is 8.01. The Labute approximate surface area is 303 Å². The van der Waals surface area contributed by atoms with Crippen molar-refractivity contribution in [2.75, 3.05) is 4.90 Å². The third-order valence-electron chi connectivity index (χ3n) is 10.5. The average Bonchev–Trinajstić information content (AvgIpc) is 3.61. The summed E-state index contributed by atoms with van der Waals surface area (Å²) in [5.41, 5.74) is 15.5. The standard InChI is InChI=1S/C48H36N2O2/c1-29-13-21-38(31(3)25-29)35-17-23-40-41-24-18-36(39-22-14-30(2)26-32(39)4)28-45(41)50(44(40)27-35)43-12-8-11-42-46(43)48(52)49(47(42)51)37-19-15-34(16-20-37)33-9-6-5-7-10-33/h5-28H,1-4H3. The maximum Gasteiger partial charge on any atom is 0.268 e. The number of rotatable bonds is 5. The minimum atomic E-state index is -0.325. The van der Waals surface area contributed by atoms with E-state index in [4.69, 9.17) is 0 Å². The fraction of sp³-hybridized carbons (Fsp3) is 0.0833. The van der Waals surface area contributed by atoms with E-state index in [1.165, 1.54) is 27.2 Å². The van der Waals surface area contributed by atoms with E-state index in [9.17, 15) is 9.59 Å². The third kappa shape index (κ3) is 4.98. The number of aromatic nitrogens is 1. The lowest BCUT2D eigenvalue weighted by Crippen LogP contribution is -2.29. The molecule has 1 aliphatic heterocycles. The molecule has 52 heavy (non-hydrogen) atoms. The van der Waals surface area contributed by atoms with Crippen molar-refractivity contribution in [1.82, 2.24) is 4.57 Å². The van der Waals surface area contributed by atoms with Gasteiger partial charge in [0, 0.05) is 10.8 Å². The first-order chi connectivity index (χ1) is 25.3. The molecule has 0 bridgehead atoms. The number of fused-ring (bicyclic) bond motifs is 4. The lowest BCUT2D eigenvalue weighted by molar-refractivity contribution is 0.0926. The van der Waals surface area contributed by atoms with Crippen molar-refractivity contribution in [1.29, 1.82) is 0 Å². The van der Waals surface area contributed by atoms with Gasteiger partial charge in [-0.1, -0.05) is 120 Å². The molecule has 0 unspecified atom stereocenters. The number of anilines is 1. The lowest BCUT2D eigenvalue weighted by Gasteiger charge is -2.16. The van der Waals surface area contributed by atoms with Crippen LogP contribution in [-0.4, -0.2) is 16.4 Å². The first-order valence-electron chi connectivity index (χ1n) is 17.7. The molecule has 1 aliphatic rings. The molecule has 4 heteroatoms. The van der Waals surface area contributed by atoms with E-state index in [1.807, 2.05) is 66.7 Å². The van der Waals surface area contributed by atoms with Crippen LogP contribution in [0, 0.1) is 27.7 Å². The van der Waals surface area contributed by atoms with Gasteiger partial charge in [-0.2, -0.15) is 0 Å². The Hall–Kier alpha value is -6.52. The van der Waals surface area contributed by atoms with Gasteiger partial charge in [0.2, 0.25) is 0 Å². The van der Waals surface area contributed by atoms with E-state index in [0.717, 1.165) is 55.2 Å². The summed E-state index contributed by atoms with van der Waals surface area (Å²) in [6.07, 6.45) is 0. The number of carbonyl (C=O) groups excluding carboxylic acids is 2. The zero-order valence-corrected chi connectivity index (χ0v) is 29.6. The van der Waals surface area contributed by atoms with Crippen LogP contribution in [0.3, 0.4) is 0 Å². The summed E-state index contributed by atoms with van der Waals surface area (Å²) >= 11 is 0. The highest BCUT2D eigenvalue weighted by Gasteiger charge is 2.39. The molecule has 0 aliphatic carbocycles. The second kappa shape index (κ2) is 12.1. The number of carbonyl (C=O) groups is 2. The molecule has 0 saturated carbocycles. The van der Waals surface area contributed by atoms with Gasteiger partial charge in [0.15, 0.2) is 0 Å².